The summed E-state index contributed by atoms with van der Waals surface area (Å²) in [6.45, 7) is 3.56. The Morgan fingerprint density at radius 1 is 1.12 bits per heavy atom. The fourth-order valence-electron chi connectivity index (χ4n) is 2.04. The fraction of sp³-hybridized carbons (Fsp3) is 0.235. The lowest BCUT2D eigenvalue weighted by Crippen LogP contribution is -2.19. The van der Waals surface area contributed by atoms with E-state index in [9.17, 15) is 9.59 Å². The highest BCUT2D eigenvalue weighted by atomic mass is 35.5. The second kappa shape index (κ2) is 9.26. The van der Waals surface area contributed by atoms with E-state index in [0.29, 0.717) is 21.6 Å². The van der Waals surface area contributed by atoms with Gasteiger partial charge in [0.15, 0.2) is 5.57 Å². The summed E-state index contributed by atoms with van der Waals surface area (Å²) in [4.78, 5) is 23.9. The molecule has 1 N–H and O–H groups in total. The summed E-state index contributed by atoms with van der Waals surface area (Å²) in [5, 5.41) is 7.94. The molecule has 0 saturated heterocycles. The summed E-state index contributed by atoms with van der Waals surface area (Å²) < 4.78 is 11.3. The van der Waals surface area contributed by atoms with Crippen molar-refractivity contribution < 1.29 is 19.1 Å². The van der Waals surface area contributed by atoms with Crippen LogP contribution in [0.15, 0.2) is 42.2 Å². The van der Waals surface area contributed by atoms with Gasteiger partial charge in [-0.25, -0.2) is 14.3 Å². The van der Waals surface area contributed by atoms with Crippen molar-refractivity contribution in [2.45, 2.75) is 13.8 Å². The third-order valence-corrected chi connectivity index (χ3v) is 3.53. The highest BCUT2D eigenvalue weighted by Crippen LogP contribution is 2.24. The predicted molar refractivity (Wildman–Crippen MR) is 98.6 cm³/mol. The van der Waals surface area contributed by atoms with Gasteiger partial charge in [0.2, 0.25) is 0 Å². The molecule has 0 radical (unpaired) electrons. The summed E-state index contributed by atoms with van der Waals surface area (Å²) in [6, 6.07) is 6.60. The molecule has 0 aliphatic heterocycles. The number of nitrogens with one attached hydrogen (secondary N) is 1. The van der Waals surface area contributed by atoms with Gasteiger partial charge in [0.1, 0.15) is 5.82 Å². The number of carbonyl (C=O) groups is 2. The Morgan fingerprint density at radius 3 is 2.23 bits per heavy atom. The second-order valence-electron chi connectivity index (χ2n) is 4.90. The van der Waals surface area contributed by atoms with Crippen molar-refractivity contribution in [1.29, 1.82) is 0 Å². The number of hydrogen-bond donors (Lipinski definition) is 1. The first-order valence-corrected chi connectivity index (χ1v) is 8.53. The Balaban J connectivity index is 2.31. The van der Waals surface area contributed by atoms with Crippen LogP contribution in [0.25, 0.3) is 5.69 Å². The van der Waals surface area contributed by atoms with Crippen LogP contribution in [0.4, 0.5) is 5.82 Å². The molecule has 0 amide bonds. The van der Waals surface area contributed by atoms with Crippen LogP contribution >= 0.6 is 23.2 Å². The van der Waals surface area contributed by atoms with Crippen LogP contribution in [0.3, 0.4) is 0 Å². The van der Waals surface area contributed by atoms with Crippen LogP contribution in [0.2, 0.25) is 10.0 Å². The monoisotopic (exact) mass is 397 g/mol. The smallest absolute Gasteiger partial charge is 0.347 e. The number of anilines is 1. The van der Waals surface area contributed by atoms with E-state index in [-0.39, 0.29) is 18.8 Å². The second-order valence-corrected chi connectivity index (χ2v) is 5.77. The van der Waals surface area contributed by atoms with Crippen molar-refractivity contribution in [3.63, 3.8) is 0 Å². The highest BCUT2D eigenvalue weighted by Gasteiger charge is 2.21. The lowest BCUT2D eigenvalue weighted by molar-refractivity contribution is -0.146. The number of benzene rings is 1. The first-order valence-electron chi connectivity index (χ1n) is 7.77. The zero-order valence-corrected chi connectivity index (χ0v) is 15.7. The molecule has 0 unspecified atom stereocenters. The van der Waals surface area contributed by atoms with Crippen LogP contribution in [-0.4, -0.2) is 34.9 Å². The number of hydrogen-bond acceptors (Lipinski definition) is 6. The van der Waals surface area contributed by atoms with Crippen molar-refractivity contribution in [1.82, 2.24) is 9.78 Å². The van der Waals surface area contributed by atoms with Gasteiger partial charge in [-0.15, -0.1) is 0 Å². The van der Waals surface area contributed by atoms with E-state index < -0.39 is 11.9 Å². The molecule has 0 atom stereocenters. The SMILES string of the molecule is CCOC(=O)C(=CNc1ccnn1-c1cc(Cl)cc(Cl)c1)C(=O)OCC. The van der Waals surface area contributed by atoms with Crippen molar-refractivity contribution >= 4 is 41.0 Å². The van der Waals surface area contributed by atoms with Gasteiger partial charge in [0.05, 0.1) is 25.1 Å². The molecule has 0 aliphatic carbocycles. The van der Waals surface area contributed by atoms with Gasteiger partial charge in [0, 0.05) is 22.3 Å². The van der Waals surface area contributed by atoms with E-state index in [4.69, 9.17) is 32.7 Å². The van der Waals surface area contributed by atoms with Gasteiger partial charge >= 0.3 is 11.9 Å². The van der Waals surface area contributed by atoms with E-state index in [0.717, 1.165) is 0 Å². The number of ether oxygens (including phenoxy) is 2. The van der Waals surface area contributed by atoms with Crippen molar-refractivity contribution in [3.05, 3.63) is 52.3 Å². The minimum Gasteiger partial charge on any atom is -0.462 e. The molecule has 9 heteroatoms. The lowest BCUT2D eigenvalue weighted by Gasteiger charge is -2.10. The third-order valence-electron chi connectivity index (χ3n) is 3.09. The molecule has 0 aliphatic rings. The molecule has 0 spiro atoms. The Hall–Kier alpha value is -2.51. The topological polar surface area (TPSA) is 82.5 Å². The average molecular weight is 398 g/mol. The molecule has 138 valence electrons. The number of aromatic nitrogens is 2. The largest absolute Gasteiger partial charge is 0.462 e. The van der Waals surface area contributed by atoms with Crippen molar-refractivity contribution in [2.24, 2.45) is 0 Å². The molecular weight excluding hydrogens is 381 g/mol. The van der Waals surface area contributed by atoms with Gasteiger partial charge in [-0.3, -0.25) is 0 Å². The molecule has 1 aromatic carbocycles. The number of rotatable bonds is 7. The van der Waals surface area contributed by atoms with Crippen LogP contribution < -0.4 is 5.32 Å². The standard InChI is InChI=1S/C17H17Cl2N3O4/c1-3-25-16(23)14(17(24)26-4-2)10-20-15-5-6-21-22(15)13-8-11(18)7-12(19)9-13/h5-10,20H,3-4H2,1-2H3. The minimum absolute atomic E-state index is 0.133. The van der Waals surface area contributed by atoms with E-state index in [1.54, 1.807) is 44.3 Å². The zero-order valence-electron chi connectivity index (χ0n) is 14.2. The summed E-state index contributed by atoms with van der Waals surface area (Å²) in [7, 11) is 0. The molecule has 0 saturated carbocycles. The van der Waals surface area contributed by atoms with E-state index in [1.807, 2.05) is 0 Å². The van der Waals surface area contributed by atoms with Crippen LogP contribution in [-0.2, 0) is 19.1 Å². The fourth-order valence-corrected chi connectivity index (χ4v) is 2.56. The molecule has 0 fully saturated rings. The summed E-state index contributed by atoms with van der Waals surface area (Å²) in [5.74, 6) is -1.08. The van der Waals surface area contributed by atoms with Gasteiger partial charge in [-0.2, -0.15) is 5.10 Å². The molecule has 26 heavy (non-hydrogen) atoms. The molecule has 1 aromatic heterocycles. The first-order chi connectivity index (χ1) is 12.5. The summed E-state index contributed by atoms with van der Waals surface area (Å²) >= 11 is 12.0. The zero-order chi connectivity index (χ0) is 19.1. The molecule has 7 nitrogen and oxygen atoms in total. The maximum Gasteiger partial charge on any atom is 0.347 e. The Bertz CT molecular complexity index is 793. The number of carbonyl (C=O) groups excluding carboxylic acids is 2. The minimum atomic E-state index is -0.782. The van der Waals surface area contributed by atoms with Crippen LogP contribution in [0.1, 0.15) is 13.8 Å². The average Bonchev–Trinajstić information content (AvgIpc) is 3.03. The Morgan fingerprint density at radius 2 is 1.69 bits per heavy atom. The van der Waals surface area contributed by atoms with Gasteiger partial charge in [0.25, 0.3) is 0 Å². The van der Waals surface area contributed by atoms with E-state index >= 15 is 0 Å². The summed E-state index contributed by atoms with van der Waals surface area (Å²) in [5.41, 5.74) is 0.350. The highest BCUT2D eigenvalue weighted by molar-refractivity contribution is 6.34. The van der Waals surface area contributed by atoms with Crippen molar-refractivity contribution in [2.75, 3.05) is 18.5 Å². The molecule has 2 aromatic rings. The van der Waals surface area contributed by atoms with Gasteiger partial charge < -0.3 is 14.8 Å². The Labute approximate surface area is 160 Å². The molecule has 2 rings (SSSR count). The van der Waals surface area contributed by atoms with Gasteiger partial charge in [-0.05, 0) is 32.0 Å². The van der Waals surface area contributed by atoms with E-state index in [2.05, 4.69) is 10.4 Å². The lowest BCUT2D eigenvalue weighted by atomic mass is 10.3. The number of esters is 2. The molecule has 1 heterocycles. The normalized spacial score (nSPS) is 10.2. The summed E-state index contributed by atoms with van der Waals surface area (Å²) in [6.07, 6.45) is 2.76. The van der Waals surface area contributed by atoms with Gasteiger partial charge in [-0.1, -0.05) is 23.2 Å². The molecule has 0 bridgehead atoms. The maximum atomic E-state index is 12.0. The van der Waals surface area contributed by atoms with Crippen LogP contribution in [0, 0.1) is 0 Å². The first kappa shape index (κ1) is 19.8. The van der Waals surface area contributed by atoms with Crippen LogP contribution in [0.5, 0.6) is 0 Å². The number of nitrogens with zero attached hydrogens (tertiary/aromatic N) is 2. The maximum absolute atomic E-state index is 12.0. The molecular formula is C17H17Cl2N3O4. The van der Waals surface area contributed by atoms with Crippen molar-refractivity contribution in [3.8, 4) is 5.69 Å². The quantitative estimate of drug-likeness (QED) is 0.332. The predicted octanol–water partition coefficient (Wildman–Crippen LogP) is 3.60. The third kappa shape index (κ3) is 5.00. The van der Waals surface area contributed by atoms with E-state index in [1.165, 1.54) is 10.9 Å². The number of halogens is 2. The Kier molecular flexibility index (Phi) is 7.06.